The first-order valence-corrected chi connectivity index (χ1v) is 7.35. The molecule has 5 nitrogen and oxygen atoms in total. The van der Waals surface area contributed by atoms with Crippen molar-refractivity contribution in [1.82, 2.24) is 5.06 Å². The Morgan fingerprint density at radius 3 is 2.68 bits per heavy atom. The Bertz CT molecular complexity index is 515. The highest BCUT2D eigenvalue weighted by atomic mass is 16.8. The molecular weight excluding hydrogens is 282 g/mol. The third-order valence-electron chi connectivity index (χ3n) is 3.41. The number of carbonyl (C=O) groups is 1. The number of hydrogen-bond acceptors (Lipinski definition) is 5. The second-order valence-corrected chi connectivity index (χ2v) is 5.74. The minimum absolute atomic E-state index is 0.240. The van der Waals surface area contributed by atoms with Crippen molar-refractivity contribution < 1.29 is 19.1 Å². The topological polar surface area (TPSA) is 48.0 Å². The summed E-state index contributed by atoms with van der Waals surface area (Å²) in [5.41, 5.74) is 1.04. The zero-order chi connectivity index (χ0) is 16.2. The lowest BCUT2D eigenvalue weighted by molar-refractivity contribution is -0.213. The highest BCUT2D eigenvalue weighted by Gasteiger charge is 2.39. The fraction of sp³-hybridized carbons (Fsp3) is 0.471. The molecular formula is C17H23NO4. The van der Waals surface area contributed by atoms with E-state index >= 15 is 0 Å². The number of carbonyl (C=O) groups excluding carboxylic acids is 1. The van der Waals surface area contributed by atoms with Gasteiger partial charge in [-0.25, -0.2) is 0 Å². The molecule has 0 N–H and O–H groups in total. The predicted octanol–water partition coefficient (Wildman–Crippen LogP) is 2.67. The predicted molar refractivity (Wildman–Crippen MR) is 82.6 cm³/mol. The van der Waals surface area contributed by atoms with E-state index in [-0.39, 0.29) is 18.1 Å². The maximum atomic E-state index is 11.4. The van der Waals surface area contributed by atoms with Crippen molar-refractivity contribution in [1.29, 1.82) is 0 Å². The summed E-state index contributed by atoms with van der Waals surface area (Å²) >= 11 is 0. The lowest BCUT2D eigenvalue weighted by atomic mass is 10.1. The second-order valence-electron chi connectivity index (χ2n) is 5.74. The maximum Gasteiger partial charge on any atom is 0.322 e. The smallest absolute Gasteiger partial charge is 0.322 e. The summed E-state index contributed by atoms with van der Waals surface area (Å²) in [4.78, 5) is 16.8. The summed E-state index contributed by atoms with van der Waals surface area (Å²) in [6.45, 7) is 9.84. The molecule has 0 aromatic heterocycles. The largest absolute Gasteiger partial charge is 0.367 e. The third-order valence-corrected chi connectivity index (χ3v) is 3.41. The molecule has 0 spiro atoms. The van der Waals surface area contributed by atoms with E-state index in [1.807, 2.05) is 44.2 Å². The van der Waals surface area contributed by atoms with Gasteiger partial charge in [0, 0.05) is 6.92 Å². The Labute approximate surface area is 131 Å². The van der Waals surface area contributed by atoms with Gasteiger partial charge in [0.1, 0.15) is 6.10 Å². The van der Waals surface area contributed by atoms with Crippen LogP contribution in [0.15, 0.2) is 43.0 Å². The molecule has 0 aliphatic carbocycles. The van der Waals surface area contributed by atoms with Crippen LogP contribution in [0.5, 0.6) is 0 Å². The van der Waals surface area contributed by atoms with Crippen molar-refractivity contribution in [2.45, 2.75) is 45.2 Å². The number of nitrogens with zero attached hydrogens (tertiary/aromatic N) is 1. The highest BCUT2D eigenvalue weighted by Crippen LogP contribution is 2.27. The van der Waals surface area contributed by atoms with E-state index in [9.17, 15) is 4.79 Å². The SMILES string of the molecule is C=C[C@@H]([C@H]1COC(C)(C)O1)N(Cc1ccccc1)OC(C)=O. The van der Waals surface area contributed by atoms with Crippen LogP contribution in [-0.2, 0) is 25.7 Å². The van der Waals surface area contributed by atoms with Crippen LogP contribution in [0.1, 0.15) is 26.3 Å². The molecule has 1 aromatic rings. The molecule has 2 atom stereocenters. The third kappa shape index (κ3) is 4.40. The van der Waals surface area contributed by atoms with Crippen LogP contribution in [0.4, 0.5) is 0 Å². The van der Waals surface area contributed by atoms with E-state index in [1.165, 1.54) is 6.92 Å². The van der Waals surface area contributed by atoms with Crippen LogP contribution in [0.3, 0.4) is 0 Å². The average Bonchev–Trinajstić information content (AvgIpc) is 2.80. The molecule has 0 saturated carbocycles. The fourth-order valence-corrected chi connectivity index (χ4v) is 2.47. The number of ether oxygens (including phenoxy) is 2. The average molecular weight is 305 g/mol. The molecule has 0 unspecified atom stereocenters. The van der Waals surface area contributed by atoms with Crippen molar-refractivity contribution in [2.24, 2.45) is 0 Å². The van der Waals surface area contributed by atoms with Crippen molar-refractivity contribution in [2.75, 3.05) is 6.61 Å². The lowest BCUT2D eigenvalue weighted by Gasteiger charge is -2.31. The minimum Gasteiger partial charge on any atom is -0.367 e. The first-order chi connectivity index (χ1) is 10.4. The summed E-state index contributed by atoms with van der Waals surface area (Å²) in [7, 11) is 0. The standard InChI is InChI=1S/C17H23NO4/c1-5-15(16-12-20-17(3,4)21-16)18(22-13(2)19)11-14-9-7-6-8-10-14/h5-10,15-16H,1,11-12H2,2-4H3/t15-,16+/m0/s1. The fourth-order valence-electron chi connectivity index (χ4n) is 2.47. The Morgan fingerprint density at radius 2 is 2.18 bits per heavy atom. The number of rotatable bonds is 6. The Morgan fingerprint density at radius 1 is 1.50 bits per heavy atom. The normalized spacial score (nSPS) is 21.5. The van der Waals surface area contributed by atoms with E-state index in [2.05, 4.69) is 6.58 Å². The van der Waals surface area contributed by atoms with Crippen LogP contribution in [0.2, 0.25) is 0 Å². The molecule has 1 heterocycles. The van der Waals surface area contributed by atoms with Gasteiger partial charge >= 0.3 is 5.97 Å². The molecule has 1 aliphatic rings. The van der Waals surface area contributed by atoms with Gasteiger partial charge in [-0.15, -0.1) is 11.6 Å². The van der Waals surface area contributed by atoms with E-state index in [1.54, 1.807) is 11.1 Å². The van der Waals surface area contributed by atoms with Gasteiger partial charge in [-0.3, -0.25) is 4.79 Å². The molecule has 120 valence electrons. The first-order valence-electron chi connectivity index (χ1n) is 7.35. The quantitative estimate of drug-likeness (QED) is 0.597. The zero-order valence-electron chi connectivity index (χ0n) is 13.3. The lowest BCUT2D eigenvalue weighted by Crippen LogP contribution is -2.44. The van der Waals surface area contributed by atoms with Crippen LogP contribution in [-0.4, -0.2) is 35.6 Å². The van der Waals surface area contributed by atoms with Crippen molar-refractivity contribution in [3.8, 4) is 0 Å². The molecule has 2 rings (SSSR count). The Balaban J connectivity index is 2.15. The monoisotopic (exact) mass is 305 g/mol. The van der Waals surface area contributed by atoms with Crippen LogP contribution < -0.4 is 0 Å². The summed E-state index contributed by atoms with van der Waals surface area (Å²) in [6.07, 6.45) is 1.48. The molecule has 22 heavy (non-hydrogen) atoms. The molecule has 1 fully saturated rings. The van der Waals surface area contributed by atoms with Crippen LogP contribution in [0, 0.1) is 0 Å². The summed E-state index contributed by atoms with van der Waals surface area (Å²) in [5.74, 6) is -1.01. The van der Waals surface area contributed by atoms with E-state index in [0.717, 1.165) is 5.56 Å². The van der Waals surface area contributed by atoms with Crippen LogP contribution in [0.25, 0.3) is 0 Å². The summed E-state index contributed by atoms with van der Waals surface area (Å²) in [6, 6.07) is 9.51. The van der Waals surface area contributed by atoms with Crippen molar-refractivity contribution in [3.63, 3.8) is 0 Å². The molecule has 1 saturated heterocycles. The Kier molecular flexibility index (Phi) is 5.34. The van der Waals surface area contributed by atoms with Gasteiger partial charge in [0.05, 0.1) is 19.2 Å². The van der Waals surface area contributed by atoms with Gasteiger partial charge in [-0.2, -0.15) is 0 Å². The van der Waals surface area contributed by atoms with Gasteiger partial charge < -0.3 is 14.3 Å². The van der Waals surface area contributed by atoms with Gasteiger partial charge in [-0.1, -0.05) is 36.4 Å². The molecule has 0 bridgehead atoms. The highest BCUT2D eigenvalue weighted by molar-refractivity contribution is 5.65. The van der Waals surface area contributed by atoms with E-state index in [0.29, 0.717) is 13.2 Å². The number of benzene rings is 1. The van der Waals surface area contributed by atoms with Crippen molar-refractivity contribution in [3.05, 3.63) is 48.6 Å². The van der Waals surface area contributed by atoms with Gasteiger partial charge in [0.2, 0.25) is 0 Å². The minimum atomic E-state index is -0.638. The van der Waals surface area contributed by atoms with E-state index in [4.69, 9.17) is 14.3 Å². The summed E-state index contributed by atoms with van der Waals surface area (Å²) in [5, 5.41) is 1.60. The first kappa shape index (κ1) is 16.7. The maximum absolute atomic E-state index is 11.4. The van der Waals surface area contributed by atoms with E-state index < -0.39 is 5.79 Å². The van der Waals surface area contributed by atoms with Crippen molar-refractivity contribution >= 4 is 5.97 Å². The van der Waals surface area contributed by atoms with Gasteiger partial charge in [-0.05, 0) is 19.4 Å². The molecule has 0 radical (unpaired) electrons. The molecule has 0 amide bonds. The molecule has 5 heteroatoms. The van der Waals surface area contributed by atoms with Crippen LogP contribution >= 0.6 is 0 Å². The molecule has 1 aliphatic heterocycles. The second kappa shape index (κ2) is 7.05. The number of hydrogen-bond donors (Lipinski definition) is 0. The Hall–Kier alpha value is -1.69. The molecule has 1 aromatic carbocycles. The van der Waals surface area contributed by atoms with Gasteiger partial charge in [0.15, 0.2) is 5.79 Å². The number of hydroxylamine groups is 2. The summed E-state index contributed by atoms with van der Waals surface area (Å²) < 4.78 is 11.5. The zero-order valence-corrected chi connectivity index (χ0v) is 13.3. The van der Waals surface area contributed by atoms with Gasteiger partial charge in [0.25, 0.3) is 0 Å².